The quantitative estimate of drug-likeness (QED) is 0.772. The maximum Gasteiger partial charge on any atom is 0.414 e. The Morgan fingerprint density at radius 2 is 2.28 bits per heavy atom. The van der Waals surface area contributed by atoms with Crippen molar-refractivity contribution in [2.24, 2.45) is 5.92 Å². The summed E-state index contributed by atoms with van der Waals surface area (Å²) in [7, 11) is 0. The predicted octanol–water partition coefficient (Wildman–Crippen LogP) is 3.97. The fourth-order valence-electron chi connectivity index (χ4n) is 3.52. The molecule has 0 bridgehead atoms. The van der Waals surface area contributed by atoms with Crippen LogP contribution in [0.25, 0.3) is 0 Å². The second-order valence-corrected chi connectivity index (χ2v) is 6.72. The minimum Gasteiger partial charge on any atom is -0.449 e. The van der Waals surface area contributed by atoms with Crippen LogP contribution in [0.3, 0.4) is 0 Å². The smallest absolute Gasteiger partial charge is 0.414 e. The van der Waals surface area contributed by atoms with Crippen LogP contribution in [0.1, 0.15) is 38.2 Å². The average molecular weight is 360 g/mol. The molecule has 1 heterocycles. The van der Waals surface area contributed by atoms with Gasteiger partial charge < -0.3 is 9.84 Å². The standard InChI is InChI=1S/C20H22ClNO3/c1-2-25-20(24)22-12-11-15(19-17(22)7-4-8-18(19)23)10-9-14-5-3-6-16(21)13-14/h3,5-6,13,15,18,23H,2,4,7-8,11-12H2,1H3. The first-order valence-corrected chi connectivity index (χ1v) is 9.10. The Kier molecular flexibility index (Phi) is 5.67. The molecule has 3 rings (SSSR count). The van der Waals surface area contributed by atoms with Crippen molar-refractivity contribution < 1.29 is 14.6 Å². The summed E-state index contributed by atoms with van der Waals surface area (Å²) in [5.41, 5.74) is 2.64. The number of amides is 1. The third kappa shape index (κ3) is 4.00. The fourth-order valence-corrected chi connectivity index (χ4v) is 3.71. The van der Waals surface area contributed by atoms with Gasteiger partial charge in [0.05, 0.1) is 12.7 Å². The number of nitrogens with zero attached hydrogens (tertiary/aromatic N) is 1. The summed E-state index contributed by atoms with van der Waals surface area (Å²) < 4.78 is 5.16. The SMILES string of the molecule is CCOC(=O)N1CCC(C#Cc2cccc(Cl)c2)C2=C1CCCC2O. The van der Waals surface area contributed by atoms with Crippen LogP contribution >= 0.6 is 11.6 Å². The monoisotopic (exact) mass is 359 g/mol. The van der Waals surface area contributed by atoms with E-state index < -0.39 is 6.10 Å². The van der Waals surface area contributed by atoms with Crippen LogP contribution in [0, 0.1) is 17.8 Å². The molecule has 2 atom stereocenters. The van der Waals surface area contributed by atoms with Crippen LogP contribution in [-0.4, -0.2) is 35.4 Å². The average Bonchev–Trinajstić information content (AvgIpc) is 2.60. The number of benzene rings is 1. The van der Waals surface area contributed by atoms with Gasteiger partial charge in [-0.15, -0.1) is 0 Å². The van der Waals surface area contributed by atoms with Gasteiger partial charge in [-0.3, -0.25) is 4.90 Å². The summed E-state index contributed by atoms with van der Waals surface area (Å²) in [5, 5.41) is 11.2. The predicted molar refractivity (Wildman–Crippen MR) is 97.0 cm³/mol. The molecule has 132 valence electrons. The van der Waals surface area contributed by atoms with Crippen molar-refractivity contribution in [1.82, 2.24) is 4.90 Å². The van der Waals surface area contributed by atoms with Gasteiger partial charge in [-0.25, -0.2) is 4.79 Å². The Bertz CT molecular complexity index is 747. The number of aliphatic hydroxyl groups is 1. The minimum absolute atomic E-state index is 0.0463. The zero-order chi connectivity index (χ0) is 17.8. The van der Waals surface area contributed by atoms with E-state index in [1.165, 1.54) is 0 Å². The molecule has 1 aliphatic carbocycles. The number of hydrogen-bond donors (Lipinski definition) is 1. The largest absolute Gasteiger partial charge is 0.449 e. The van der Waals surface area contributed by atoms with Gasteiger partial charge in [0, 0.05) is 28.7 Å². The van der Waals surface area contributed by atoms with Crippen LogP contribution in [0.2, 0.25) is 5.02 Å². The number of aliphatic hydroxyl groups excluding tert-OH is 1. The zero-order valence-corrected chi connectivity index (χ0v) is 15.1. The molecular weight excluding hydrogens is 338 g/mol. The number of carbonyl (C=O) groups is 1. The summed E-state index contributed by atoms with van der Waals surface area (Å²) in [5.74, 6) is 6.40. The van der Waals surface area contributed by atoms with Crippen molar-refractivity contribution in [3.05, 3.63) is 46.1 Å². The van der Waals surface area contributed by atoms with E-state index in [-0.39, 0.29) is 12.0 Å². The lowest BCUT2D eigenvalue weighted by Gasteiger charge is -2.38. The summed E-state index contributed by atoms with van der Waals surface area (Å²) in [6.07, 6.45) is 2.18. The van der Waals surface area contributed by atoms with E-state index in [0.29, 0.717) is 31.0 Å². The van der Waals surface area contributed by atoms with Crippen LogP contribution < -0.4 is 0 Å². The highest BCUT2D eigenvalue weighted by atomic mass is 35.5. The molecule has 0 fully saturated rings. The van der Waals surface area contributed by atoms with E-state index in [0.717, 1.165) is 29.7 Å². The Balaban J connectivity index is 1.91. The normalized spacial score (nSPS) is 22.8. The van der Waals surface area contributed by atoms with Crippen LogP contribution in [-0.2, 0) is 4.74 Å². The Labute approximate surface area is 153 Å². The molecule has 0 aromatic heterocycles. The molecule has 0 saturated heterocycles. The van der Waals surface area contributed by atoms with Crippen LogP contribution in [0.5, 0.6) is 0 Å². The first-order chi connectivity index (χ1) is 12.1. The molecule has 1 aromatic carbocycles. The molecule has 1 amide bonds. The lowest BCUT2D eigenvalue weighted by molar-refractivity contribution is 0.102. The number of rotatable bonds is 1. The lowest BCUT2D eigenvalue weighted by atomic mass is 9.80. The summed E-state index contributed by atoms with van der Waals surface area (Å²) in [4.78, 5) is 13.9. The van der Waals surface area contributed by atoms with Crippen LogP contribution in [0.15, 0.2) is 35.5 Å². The first-order valence-electron chi connectivity index (χ1n) is 8.72. The molecule has 2 aliphatic rings. The summed E-state index contributed by atoms with van der Waals surface area (Å²) >= 11 is 6.01. The van der Waals surface area contributed by atoms with Gasteiger partial charge in [0.1, 0.15) is 0 Å². The van der Waals surface area contributed by atoms with E-state index in [4.69, 9.17) is 16.3 Å². The van der Waals surface area contributed by atoms with Crippen molar-refractivity contribution in [3.63, 3.8) is 0 Å². The van der Waals surface area contributed by atoms with Crippen molar-refractivity contribution in [2.45, 2.75) is 38.7 Å². The van der Waals surface area contributed by atoms with Crippen molar-refractivity contribution in [1.29, 1.82) is 0 Å². The highest BCUT2D eigenvalue weighted by Gasteiger charge is 2.36. The van der Waals surface area contributed by atoms with Gasteiger partial charge in [0.25, 0.3) is 0 Å². The maximum absolute atomic E-state index is 12.2. The highest BCUT2D eigenvalue weighted by Crippen LogP contribution is 2.37. The molecule has 1 aliphatic heterocycles. The second-order valence-electron chi connectivity index (χ2n) is 6.28. The van der Waals surface area contributed by atoms with E-state index in [2.05, 4.69) is 11.8 Å². The van der Waals surface area contributed by atoms with Gasteiger partial charge in [-0.05, 0) is 56.4 Å². The molecule has 1 N–H and O–H groups in total. The van der Waals surface area contributed by atoms with Gasteiger partial charge >= 0.3 is 6.09 Å². The maximum atomic E-state index is 12.2. The molecule has 5 heteroatoms. The summed E-state index contributed by atoms with van der Waals surface area (Å²) in [6.45, 7) is 2.71. The van der Waals surface area contributed by atoms with E-state index in [1.54, 1.807) is 11.8 Å². The molecule has 4 nitrogen and oxygen atoms in total. The van der Waals surface area contributed by atoms with Gasteiger partial charge in [-0.2, -0.15) is 0 Å². The third-order valence-electron chi connectivity index (χ3n) is 4.63. The molecule has 25 heavy (non-hydrogen) atoms. The van der Waals surface area contributed by atoms with Gasteiger partial charge in [0.15, 0.2) is 0 Å². The molecule has 0 spiro atoms. The van der Waals surface area contributed by atoms with Crippen LogP contribution in [0.4, 0.5) is 4.79 Å². The molecular formula is C20H22ClNO3. The number of allylic oxidation sites excluding steroid dienone is 1. The molecule has 1 aromatic rings. The lowest BCUT2D eigenvalue weighted by Crippen LogP contribution is -2.41. The first kappa shape index (κ1) is 17.8. The topological polar surface area (TPSA) is 49.8 Å². The number of carbonyl (C=O) groups excluding carboxylic acids is 1. The second kappa shape index (κ2) is 7.95. The van der Waals surface area contributed by atoms with Crippen molar-refractivity contribution in [3.8, 4) is 11.8 Å². The summed E-state index contributed by atoms with van der Waals surface area (Å²) in [6, 6.07) is 7.43. The Morgan fingerprint density at radius 3 is 3.04 bits per heavy atom. The molecule has 0 radical (unpaired) electrons. The third-order valence-corrected chi connectivity index (χ3v) is 4.86. The highest BCUT2D eigenvalue weighted by molar-refractivity contribution is 6.30. The van der Waals surface area contributed by atoms with Gasteiger partial charge in [0.2, 0.25) is 0 Å². The fraction of sp³-hybridized carbons (Fsp3) is 0.450. The van der Waals surface area contributed by atoms with Crippen molar-refractivity contribution in [2.75, 3.05) is 13.2 Å². The van der Waals surface area contributed by atoms with Gasteiger partial charge in [-0.1, -0.05) is 29.5 Å². The van der Waals surface area contributed by atoms with E-state index in [9.17, 15) is 9.90 Å². The zero-order valence-electron chi connectivity index (χ0n) is 14.3. The van der Waals surface area contributed by atoms with E-state index >= 15 is 0 Å². The van der Waals surface area contributed by atoms with E-state index in [1.807, 2.05) is 24.3 Å². The Morgan fingerprint density at radius 1 is 1.44 bits per heavy atom. The molecule has 2 unspecified atom stereocenters. The molecule has 0 saturated carbocycles. The minimum atomic E-state index is -0.542. The number of ether oxygens (including phenoxy) is 1. The number of hydrogen-bond acceptors (Lipinski definition) is 3. The van der Waals surface area contributed by atoms with Crippen molar-refractivity contribution >= 4 is 17.7 Å². The number of halogens is 1. The Hall–Kier alpha value is -1.96.